The molecule has 0 saturated carbocycles. The van der Waals surface area contributed by atoms with Gasteiger partial charge in [-0.2, -0.15) is 0 Å². The summed E-state index contributed by atoms with van der Waals surface area (Å²) in [7, 11) is 0. The van der Waals surface area contributed by atoms with Crippen molar-refractivity contribution in [1.29, 1.82) is 0 Å². The van der Waals surface area contributed by atoms with Crippen LogP contribution in [0.15, 0.2) is 66.2 Å². The Hall–Kier alpha value is -3.51. The SMILES string of the molecule is Cc1cc(C(=O)COC(=O)/C=C/c2cccc3cccnc23)c(C)n1Cc1cccs1. The van der Waals surface area contributed by atoms with Crippen molar-refractivity contribution in [3.8, 4) is 0 Å². The lowest BCUT2D eigenvalue weighted by molar-refractivity contribution is -0.136. The molecule has 5 nitrogen and oxygen atoms in total. The normalized spacial score (nSPS) is 11.3. The van der Waals surface area contributed by atoms with E-state index in [1.807, 2.05) is 61.7 Å². The van der Waals surface area contributed by atoms with E-state index in [1.165, 1.54) is 11.0 Å². The number of hydrogen-bond donors (Lipinski definition) is 0. The van der Waals surface area contributed by atoms with Crippen molar-refractivity contribution >= 4 is 40.1 Å². The van der Waals surface area contributed by atoms with Crippen LogP contribution in [0.25, 0.3) is 17.0 Å². The number of ether oxygens (including phenoxy) is 1. The zero-order chi connectivity index (χ0) is 21.8. The van der Waals surface area contributed by atoms with Crippen molar-refractivity contribution in [3.63, 3.8) is 0 Å². The second-order valence-corrected chi connectivity index (χ2v) is 8.27. The fourth-order valence-electron chi connectivity index (χ4n) is 3.57. The van der Waals surface area contributed by atoms with Gasteiger partial charge in [-0.25, -0.2) is 4.79 Å². The number of carbonyl (C=O) groups is 2. The van der Waals surface area contributed by atoms with Gasteiger partial charge in [0, 0.05) is 45.1 Å². The lowest BCUT2D eigenvalue weighted by atomic mass is 10.1. The van der Waals surface area contributed by atoms with Crippen LogP contribution in [0.1, 0.15) is 32.2 Å². The number of pyridine rings is 1. The number of thiophene rings is 1. The van der Waals surface area contributed by atoms with Gasteiger partial charge in [-0.3, -0.25) is 9.78 Å². The smallest absolute Gasteiger partial charge is 0.331 e. The summed E-state index contributed by atoms with van der Waals surface area (Å²) in [6.45, 7) is 4.33. The third-order valence-corrected chi connectivity index (χ3v) is 6.04. The van der Waals surface area contributed by atoms with E-state index in [-0.39, 0.29) is 12.4 Å². The first-order valence-corrected chi connectivity index (χ1v) is 10.8. The fourth-order valence-corrected chi connectivity index (χ4v) is 4.26. The molecule has 3 aromatic heterocycles. The second kappa shape index (κ2) is 9.10. The summed E-state index contributed by atoms with van der Waals surface area (Å²) in [4.78, 5) is 30.4. The first-order valence-electron chi connectivity index (χ1n) is 9.94. The van der Waals surface area contributed by atoms with Gasteiger partial charge in [-0.15, -0.1) is 11.3 Å². The molecule has 0 bridgehead atoms. The highest BCUT2D eigenvalue weighted by Crippen LogP contribution is 2.20. The monoisotopic (exact) mass is 430 g/mol. The Balaban J connectivity index is 1.40. The molecule has 4 aromatic rings. The van der Waals surface area contributed by atoms with Crippen molar-refractivity contribution in [1.82, 2.24) is 9.55 Å². The average molecular weight is 431 g/mol. The number of ketones is 1. The first-order chi connectivity index (χ1) is 15.0. The minimum atomic E-state index is -0.561. The van der Waals surface area contributed by atoms with Crippen LogP contribution in [0.4, 0.5) is 0 Å². The molecule has 0 aliphatic carbocycles. The molecule has 0 N–H and O–H groups in total. The van der Waals surface area contributed by atoms with Crippen LogP contribution in [-0.4, -0.2) is 27.9 Å². The van der Waals surface area contributed by atoms with Crippen molar-refractivity contribution in [3.05, 3.63) is 93.6 Å². The van der Waals surface area contributed by atoms with Crippen LogP contribution in [0, 0.1) is 13.8 Å². The van der Waals surface area contributed by atoms with Crippen LogP contribution in [0.5, 0.6) is 0 Å². The number of nitrogens with zero attached hydrogens (tertiary/aromatic N) is 2. The summed E-state index contributed by atoms with van der Waals surface area (Å²) in [5, 5.41) is 3.03. The van der Waals surface area contributed by atoms with E-state index in [9.17, 15) is 9.59 Å². The Bertz CT molecular complexity index is 1260. The van der Waals surface area contributed by atoms with Gasteiger partial charge in [0.15, 0.2) is 6.61 Å². The third-order valence-electron chi connectivity index (χ3n) is 5.18. The van der Waals surface area contributed by atoms with Crippen LogP contribution < -0.4 is 0 Å². The highest BCUT2D eigenvalue weighted by atomic mass is 32.1. The predicted octanol–water partition coefficient (Wildman–Crippen LogP) is 5.20. The van der Waals surface area contributed by atoms with Crippen LogP contribution in [0.2, 0.25) is 0 Å². The van der Waals surface area contributed by atoms with Gasteiger partial charge < -0.3 is 9.30 Å². The maximum absolute atomic E-state index is 12.7. The minimum Gasteiger partial charge on any atom is -0.454 e. The average Bonchev–Trinajstić information content (AvgIpc) is 3.40. The topological polar surface area (TPSA) is 61.2 Å². The third kappa shape index (κ3) is 4.64. The van der Waals surface area contributed by atoms with E-state index in [1.54, 1.807) is 23.6 Å². The van der Waals surface area contributed by atoms with Crippen LogP contribution in [-0.2, 0) is 16.1 Å². The standard InChI is InChI=1S/C25H22N2O3S/c1-17-14-22(18(2)27(17)15-21-9-5-13-31-21)23(28)16-30-24(29)11-10-20-7-3-6-19-8-4-12-26-25(19)20/h3-14H,15-16H2,1-2H3/b11-10+. The number of para-hydroxylation sites is 1. The molecule has 0 aliphatic rings. The maximum atomic E-state index is 12.7. The van der Waals surface area contributed by atoms with Gasteiger partial charge in [0.1, 0.15) is 0 Å². The van der Waals surface area contributed by atoms with Gasteiger partial charge in [0.05, 0.1) is 12.1 Å². The van der Waals surface area contributed by atoms with Crippen molar-refractivity contribution < 1.29 is 14.3 Å². The Morgan fingerprint density at radius 1 is 1.13 bits per heavy atom. The summed E-state index contributed by atoms with van der Waals surface area (Å²) in [6, 6.07) is 15.5. The van der Waals surface area contributed by atoms with E-state index in [0.717, 1.165) is 34.4 Å². The van der Waals surface area contributed by atoms with Gasteiger partial charge in [-0.1, -0.05) is 30.3 Å². The molecule has 156 valence electrons. The molecular formula is C25H22N2O3S. The number of aryl methyl sites for hydroxylation is 1. The van der Waals surface area contributed by atoms with Gasteiger partial charge in [0.25, 0.3) is 0 Å². The number of esters is 1. The molecule has 4 rings (SSSR count). The summed E-state index contributed by atoms with van der Waals surface area (Å²) >= 11 is 1.68. The lowest BCUT2D eigenvalue weighted by Gasteiger charge is -2.08. The number of hydrogen-bond acceptors (Lipinski definition) is 5. The lowest BCUT2D eigenvalue weighted by Crippen LogP contribution is -2.13. The van der Waals surface area contributed by atoms with Gasteiger partial charge in [0.2, 0.25) is 5.78 Å². The van der Waals surface area contributed by atoms with Crippen molar-refractivity contribution in [2.45, 2.75) is 20.4 Å². The highest BCUT2D eigenvalue weighted by Gasteiger charge is 2.17. The highest BCUT2D eigenvalue weighted by molar-refractivity contribution is 7.09. The van der Waals surface area contributed by atoms with Crippen molar-refractivity contribution in [2.75, 3.05) is 6.61 Å². The minimum absolute atomic E-state index is 0.209. The maximum Gasteiger partial charge on any atom is 0.331 e. The fraction of sp³-hybridized carbons (Fsp3) is 0.160. The Kier molecular flexibility index (Phi) is 6.09. The molecule has 31 heavy (non-hydrogen) atoms. The van der Waals surface area contributed by atoms with Crippen LogP contribution in [0.3, 0.4) is 0 Å². The molecule has 6 heteroatoms. The van der Waals surface area contributed by atoms with Gasteiger partial charge >= 0.3 is 5.97 Å². The summed E-state index contributed by atoms with van der Waals surface area (Å²) in [6.07, 6.45) is 4.71. The number of carbonyl (C=O) groups excluding carboxylic acids is 2. The van der Waals surface area contributed by atoms with E-state index in [4.69, 9.17) is 4.74 Å². The molecule has 0 radical (unpaired) electrons. The zero-order valence-electron chi connectivity index (χ0n) is 17.4. The number of rotatable bonds is 7. The molecule has 0 saturated heterocycles. The van der Waals surface area contributed by atoms with E-state index < -0.39 is 5.97 Å². The Morgan fingerprint density at radius 2 is 1.97 bits per heavy atom. The molecule has 0 aliphatic heterocycles. The van der Waals surface area contributed by atoms with Crippen molar-refractivity contribution in [2.24, 2.45) is 0 Å². The number of benzene rings is 1. The Morgan fingerprint density at radius 3 is 2.77 bits per heavy atom. The van der Waals surface area contributed by atoms with E-state index in [2.05, 4.69) is 15.6 Å². The molecule has 0 atom stereocenters. The molecule has 3 heterocycles. The Labute approximate surface area is 184 Å². The number of fused-ring (bicyclic) bond motifs is 1. The molecule has 0 amide bonds. The summed E-state index contributed by atoms with van der Waals surface area (Å²) in [5.74, 6) is -0.771. The summed E-state index contributed by atoms with van der Waals surface area (Å²) in [5.41, 5.74) is 4.10. The summed E-state index contributed by atoms with van der Waals surface area (Å²) < 4.78 is 7.30. The molecule has 0 fully saturated rings. The van der Waals surface area contributed by atoms with Crippen LogP contribution >= 0.6 is 11.3 Å². The predicted molar refractivity (Wildman–Crippen MR) is 123 cm³/mol. The molecule has 0 spiro atoms. The number of Topliss-reactive ketones (excluding diaryl/α,β-unsaturated/α-hetero) is 1. The zero-order valence-corrected chi connectivity index (χ0v) is 18.2. The number of aromatic nitrogens is 2. The van der Waals surface area contributed by atoms with E-state index in [0.29, 0.717) is 5.56 Å². The molecule has 0 unspecified atom stereocenters. The second-order valence-electron chi connectivity index (χ2n) is 7.24. The van der Waals surface area contributed by atoms with E-state index >= 15 is 0 Å². The first kappa shape index (κ1) is 20.8. The molecular weight excluding hydrogens is 408 g/mol. The quantitative estimate of drug-likeness (QED) is 0.230. The largest absolute Gasteiger partial charge is 0.454 e. The van der Waals surface area contributed by atoms with Gasteiger partial charge in [-0.05, 0) is 43.5 Å². The molecule has 1 aromatic carbocycles.